The number of nitrogens with zero attached hydrogens (tertiary/aromatic N) is 3. The Kier molecular flexibility index (Phi) is 20.4. The Morgan fingerprint density at radius 3 is 1.74 bits per heavy atom. The number of carbonyl (C=O) groups excluding carboxylic acids is 2. The van der Waals surface area contributed by atoms with Gasteiger partial charge in [-0.1, -0.05) is 54.6 Å². The van der Waals surface area contributed by atoms with Crippen molar-refractivity contribution in [2.24, 2.45) is 0 Å². The van der Waals surface area contributed by atoms with Crippen LogP contribution in [0.5, 0.6) is 11.5 Å². The van der Waals surface area contributed by atoms with Gasteiger partial charge in [0.1, 0.15) is 17.1 Å². The molecule has 2 amide bonds. The lowest BCUT2D eigenvalue weighted by Crippen LogP contribution is -2.44. The summed E-state index contributed by atoms with van der Waals surface area (Å²) in [5.41, 5.74) is 1.63. The predicted octanol–water partition coefficient (Wildman–Crippen LogP) is 7.18. The van der Waals surface area contributed by atoms with Gasteiger partial charge in [-0.05, 0) is 81.5 Å². The maximum atomic E-state index is 13.1. The maximum absolute atomic E-state index is 13.1. The van der Waals surface area contributed by atoms with Gasteiger partial charge < -0.3 is 33.9 Å². The SMILES string of the molecule is COc1ccc(C(OCCCN(CCCOP(OCCC#N)N(C(C)C)C(C)C)CC(=O)NCCNC(=O)C(F)(F)F)(c2ccccc2)c2ccc(OC)cc2)cc1. The molecule has 0 bridgehead atoms. The highest BCUT2D eigenvalue weighted by atomic mass is 31.2. The minimum absolute atomic E-state index is 0.0500. The zero-order valence-electron chi connectivity index (χ0n) is 34.2. The molecule has 0 saturated heterocycles. The molecule has 0 aliphatic carbocycles. The van der Waals surface area contributed by atoms with Crippen LogP contribution in [0.15, 0.2) is 78.9 Å². The molecule has 0 radical (unpaired) electrons. The third-order valence-electron chi connectivity index (χ3n) is 8.95. The van der Waals surface area contributed by atoms with E-state index in [1.54, 1.807) is 19.5 Å². The second-order valence-corrected chi connectivity index (χ2v) is 15.3. The molecule has 3 rings (SSSR count). The highest BCUT2D eigenvalue weighted by molar-refractivity contribution is 7.44. The van der Waals surface area contributed by atoms with Crippen molar-refractivity contribution in [3.63, 3.8) is 0 Å². The summed E-state index contributed by atoms with van der Waals surface area (Å²) in [7, 11) is 1.77. The Hall–Kier alpha value is -4.29. The van der Waals surface area contributed by atoms with Crippen molar-refractivity contribution < 1.29 is 46.0 Å². The summed E-state index contributed by atoms with van der Waals surface area (Å²) in [6, 6.07) is 27.7. The van der Waals surface area contributed by atoms with Crippen molar-refractivity contribution >= 4 is 20.3 Å². The van der Waals surface area contributed by atoms with Crippen LogP contribution in [-0.4, -0.2) is 106 Å². The summed E-state index contributed by atoms with van der Waals surface area (Å²) >= 11 is 0. The zero-order valence-corrected chi connectivity index (χ0v) is 35.1. The van der Waals surface area contributed by atoms with E-state index in [2.05, 4.69) is 43.8 Å². The molecule has 0 saturated carbocycles. The fourth-order valence-electron chi connectivity index (χ4n) is 6.34. The Bertz CT molecular complexity index is 1640. The molecule has 2 N–H and O–H groups in total. The molecule has 318 valence electrons. The average molecular weight is 832 g/mol. The standard InChI is InChI=1S/C42H57F3N5O7P/c1-32(2)50(33(3)4)58(56-29-10-23-46)57-30-12-27-49(31-39(51)47-24-25-48-40(52)42(43,44)45)26-11-28-55-41(34-13-8-7-9-14-34,35-15-19-37(53-5)20-16-35)36-17-21-38(54-6)22-18-36/h7-9,13-22,32-33H,10-12,24-31H2,1-6H3,(H,47,51)(H,48,52). The first-order valence-electron chi connectivity index (χ1n) is 19.3. The molecule has 0 spiro atoms. The van der Waals surface area contributed by atoms with E-state index in [9.17, 15) is 22.8 Å². The molecule has 0 aliphatic rings. The van der Waals surface area contributed by atoms with Gasteiger partial charge in [-0.2, -0.15) is 18.4 Å². The monoisotopic (exact) mass is 831 g/mol. The Labute approximate surface area is 341 Å². The van der Waals surface area contributed by atoms with Crippen LogP contribution in [0.3, 0.4) is 0 Å². The second kappa shape index (κ2) is 24.6. The maximum Gasteiger partial charge on any atom is 0.471 e. The number of alkyl halides is 3. The van der Waals surface area contributed by atoms with Crippen LogP contribution >= 0.6 is 8.53 Å². The molecule has 1 unspecified atom stereocenters. The van der Waals surface area contributed by atoms with E-state index >= 15 is 0 Å². The molecule has 58 heavy (non-hydrogen) atoms. The Balaban J connectivity index is 1.81. The van der Waals surface area contributed by atoms with Crippen LogP contribution < -0.4 is 20.1 Å². The Morgan fingerprint density at radius 2 is 1.24 bits per heavy atom. The number of ether oxygens (including phenoxy) is 3. The van der Waals surface area contributed by atoms with Gasteiger partial charge in [0.05, 0.1) is 46.5 Å². The van der Waals surface area contributed by atoms with E-state index in [1.807, 2.05) is 83.8 Å². The fourth-order valence-corrected chi connectivity index (χ4v) is 7.97. The number of methoxy groups -OCH3 is 2. The summed E-state index contributed by atoms with van der Waals surface area (Å²) < 4.78 is 70.2. The van der Waals surface area contributed by atoms with E-state index in [0.717, 1.165) is 16.7 Å². The van der Waals surface area contributed by atoms with Crippen molar-refractivity contribution in [1.29, 1.82) is 5.26 Å². The number of rotatable bonds is 26. The topological polar surface area (TPSA) is 135 Å². The van der Waals surface area contributed by atoms with Gasteiger partial charge in [0.25, 0.3) is 8.53 Å². The number of halogens is 3. The lowest BCUT2D eigenvalue weighted by molar-refractivity contribution is -0.173. The van der Waals surface area contributed by atoms with Crippen LogP contribution in [0.1, 0.15) is 63.6 Å². The molecular weight excluding hydrogens is 774 g/mol. The minimum atomic E-state index is -5.01. The molecule has 3 aromatic rings. The number of nitrogens with one attached hydrogen (secondary N) is 2. The summed E-state index contributed by atoms with van der Waals surface area (Å²) in [5.74, 6) is -1.08. The van der Waals surface area contributed by atoms with Crippen molar-refractivity contribution in [2.45, 2.75) is 70.8 Å². The van der Waals surface area contributed by atoms with Gasteiger partial charge in [-0.15, -0.1) is 0 Å². The number of benzene rings is 3. The molecular formula is C42H57F3N5O7P. The fraction of sp³-hybridized carbons (Fsp3) is 0.500. The van der Waals surface area contributed by atoms with Gasteiger partial charge in [0, 0.05) is 44.9 Å². The molecule has 0 heterocycles. The lowest BCUT2D eigenvalue weighted by Gasteiger charge is -2.36. The first kappa shape index (κ1) is 48.1. The summed E-state index contributed by atoms with van der Waals surface area (Å²) in [4.78, 5) is 26.2. The van der Waals surface area contributed by atoms with E-state index in [0.29, 0.717) is 44.0 Å². The predicted molar refractivity (Wildman–Crippen MR) is 217 cm³/mol. The zero-order chi connectivity index (χ0) is 42.6. The smallest absolute Gasteiger partial charge is 0.471 e. The van der Waals surface area contributed by atoms with Gasteiger partial charge in [0.2, 0.25) is 5.91 Å². The molecule has 3 aromatic carbocycles. The van der Waals surface area contributed by atoms with Crippen molar-refractivity contribution in [3.05, 3.63) is 95.6 Å². The number of carbonyl (C=O) groups is 2. The largest absolute Gasteiger partial charge is 0.497 e. The van der Waals surface area contributed by atoms with Crippen molar-refractivity contribution in [3.8, 4) is 17.6 Å². The molecule has 12 nitrogen and oxygen atoms in total. The first-order valence-corrected chi connectivity index (χ1v) is 20.4. The summed E-state index contributed by atoms with van der Waals surface area (Å²) in [5, 5.41) is 13.4. The van der Waals surface area contributed by atoms with E-state index in [4.69, 9.17) is 28.5 Å². The number of amides is 2. The molecule has 16 heteroatoms. The minimum Gasteiger partial charge on any atom is -0.497 e. The normalized spacial score (nSPS) is 12.5. The summed E-state index contributed by atoms with van der Waals surface area (Å²) in [6.45, 7) is 9.35. The van der Waals surface area contributed by atoms with Gasteiger partial charge >= 0.3 is 12.1 Å². The molecule has 0 aromatic heterocycles. The van der Waals surface area contributed by atoms with Crippen LogP contribution in [0.25, 0.3) is 0 Å². The summed E-state index contributed by atoms with van der Waals surface area (Å²) in [6.07, 6.45) is -3.73. The average Bonchev–Trinajstić information content (AvgIpc) is 3.20. The number of hydrogen-bond donors (Lipinski definition) is 2. The first-order chi connectivity index (χ1) is 27.8. The van der Waals surface area contributed by atoms with E-state index in [-0.39, 0.29) is 51.4 Å². The number of nitriles is 1. The number of hydrogen-bond acceptors (Lipinski definition) is 10. The van der Waals surface area contributed by atoms with E-state index < -0.39 is 32.1 Å². The van der Waals surface area contributed by atoms with Crippen molar-refractivity contribution in [2.75, 3.05) is 66.8 Å². The van der Waals surface area contributed by atoms with Crippen molar-refractivity contribution in [1.82, 2.24) is 20.2 Å². The quantitative estimate of drug-likeness (QED) is 0.0487. The van der Waals surface area contributed by atoms with E-state index in [1.165, 1.54) is 0 Å². The van der Waals surface area contributed by atoms with Gasteiger partial charge in [0.15, 0.2) is 0 Å². The molecule has 0 fully saturated rings. The Morgan fingerprint density at radius 1 is 0.741 bits per heavy atom. The highest BCUT2D eigenvalue weighted by Crippen LogP contribution is 2.46. The van der Waals surface area contributed by atoms with Crippen LogP contribution in [-0.2, 0) is 29.0 Å². The highest BCUT2D eigenvalue weighted by Gasteiger charge is 2.39. The third kappa shape index (κ3) is 14.8. The molecule has 0 aliphatic heterocycles. The van der Waals surface area contributed by atoms with Gasteiger partial charge in [-0.25, -0.2) is 4.67 Å². The lowest BCUT2D eigenvalue weighted by atomic mass is 9.80. The van der Waals surface area contributed by atoms with Gasteiger partial charge in [-0.3, -0.25) is 14.5 Å². The molecule has 1 atom stereocenters. The third-order valence-corrected chi connectivity index (χ3v) is 11.1. The van der Waals surface area contributed by atoms with Crippen LogP contribution in [0.4, 0.5) is 13.2 Å². The van der Waals surface area contributed by atoms with Crippen LogP contribution in [0, 0.1) is 11.3 Å². The van der Waals surface area contributed by atoms with Crippen LogP contribution in [0.2, 0.25) is 0 Å². The second-order valence-electron chi connectivity index (χ2n) is 13.8.